The summed E-state index contributed by atoms with van der Waals surface area (Å²) in [4.78, 5) is 0.422. The number of rotatable bonds is 4. The van der Waals surface area contributed by atoms with Crippen molar-refractivity contribution in [1.29, 1.82) is 0 Å². The molecule has 2 rings (SSSR count). The van der Waals surface area contributed by atoms with E-state index in [0.29, 0.717) is 4.83 Å². The second-order valence-electron chi connectivity index (χ2n) is 5.27. The number of hydrogen-bond acceptors (Lipinski definition) is 2. The summed E-state index contributed by atoms with van der Waals surface area (Å²) in [5.74, 6) is 2.35. The molecule has 0 aromatic heterocycles. The Labute approximate surface area is 124 Å². The molecule has 106 valence electrons. The second kappa shape index (κ2) is 7.18. The lowest BCUT2D eigenvalue weighted by molar-refractivity contribution is 0.354. The maximum Gasteiger partial charge on any atom is 0.161 e. The molecule has 0 N–H and O–H groups in total. The van der Waals surface area contributed by atoms with Gasteiger partial charge in [0.05, 0.1) is 14.2 Å². The highest BCUT2D eigenvalue weighted by Gasteiger charge is 2.22. The SMILES string of the molecule is COc1ccc(C(Br)C2CCCCCC2)cc1OC. The van der Waals surface area contributed by atoms with E-state index in [1.807, 2.05) is 6.07 Å². The second-order valence-corrected chi connectivity index (χ2v) is 6.25. The van der Waals surface area contributed by atoms with E-state index < -0.39 is 0 Å². The Morgan fingerprint density at radius 2 is 1.63 bits per heavy atom. The van der Waals surface area contributed by atoms with Gasteiger partial charge in [0.25, 0.3) is 0 Å². The standard InChI is InChI=1S/C16H23BrO2/c1-18-14-10-9-13(11-15(14)19-2)16(17)12-7-5-3-4-6-8-12/h9-12,16H,3-8H2,1-2H3. The smallest absolute Gasteiger partial charge is 0.161 e. The van der Waals surface area contributed by atoms with Crippen LogP contribution in [0.5, 0.6) is 11.5 Å². The molecule has 1 saturated carbocycles. The monoisotopic (exact) mass is 326 g/mol. The van der Waals surface area contributed by atoms with Crippen molar-refractivity contribution < 1.29 is 9.47 Å². The summed E-state index contributed by atoms with van der Waals surface area (Å²) in [6, 6.07) is 6.24. The van der Waals surface area contributed by atoms with Crippen molar-refractivity contribution in [2.24, 2.45) is 5.92 Å². The molecule has 0 aliphatic heterocycles. The largest absolute Gasteiger partial charge is 0.493 e. The Morgan fingerprint density at radius 3 is 2.21 bits per heavy atom. The number of methoxy groups -OCH3 is 2. The molecule has 1 atom stereocenters. The minimum absolute atomic E-state index is 0.422. The van der Waals surface area contributed by atoms with Gasteiger partial charge in [-0.15, -0.1) is 0 Å². The zero-order valence-electron chi connectivity index (χ0n) is 11.8. The number of ether oxygens (including phenoxy) is 2. The predicted octanol–water partition coefficient (Wildman–Crippen LogP) is 5.11. The van der Waals surface area contributed by atoms with E-state index in [1.54, 1.807) is 14.2 Å². The van der Waals surface area contributed by atoms with Crippen LogP contribution in [0.25, 0.3) is 0 Å². The van der Waals surface area contributed by atoms with Gasteiger partial charge in [-0.25, -0.2) is 0 Å². The number of halogens is 1. The van der Waals surface area contributed by atoms with Gasteiger partial charge in [0.2, 0.25) is 0 Å². The molecule has 1 aliphatic carbocycles. The van der Waals surface area contributed by atoms with E-state index in [9.17, 15) is 0 Å². The molecule has 0 radical (unpaired) electrons. The first-order valence-electron chi connectivity index (χ1n) is 7.12. The van der Waals surface area contributed by atoms with Crippen LogP contribution in [0, 0.1) is 5.92 Å². The zero-order chi connectivity index (χ0) is 13.7. The highest BCUT2D eigenvalue weighted by Crippen LogP contribution is 2.41. The van der Waals surface area contributed by atoms with Gasteiger partial charge in [-0.2, -0.15) is 0 Å². The van der Waals surface area contributed by atoms with Crippen LogP contribution < -0.4 is 9.47 Å². The Balaban J connectivity index is 2.15. The van der Waals surface area contributed by atoms with Crippen molar-refractivity contribution in [2.45, 2.75) is 43.4 Å². The van der Waals surface area contributed by atoms with Gasteiger partial charge in [-0.05, 0) is 36.5 Å². The van der Waals surface area contributed by atoms with Crippen LogP contribution >= 0.6 is 15.9 Å². The predicted molar refractivity (Wildman–Crippen MR) is 82.4 cm³/mol. The molecule has 1 aromatic carbocycles. The molecule has 0 heterocycles. The van der Waals surface area contributed by atoms with E-state index in [1.165, 1.54) is 44.1 Å². The van der Waals surface area contributed by atoms with Gasteiger partial charge < -0.3 is 9.47 Å². The van der Waals surface area contributed by atoms with Crippen LogP contribution in [0.15, 0.2) is 18.2 Å². The van der Waals surface area contributed by atoms with E-state index >= 15 is 0 Å². The fourth-order valence-corrected chi connectivity index (χ4v) is 3.71. The molecule has 2 nitrogen and oxygen atoms in total. The third-order valence-corrected chi connectivity index (χ3v) is 5.32. The van der Waals surface area contributed by atoms with E-state index in [0.717, 1.165) is 17.4 Å². The normalized spacial score (nSPS) is 18.7. The van der Waals surface area contributed by atoms with Crippen LogP contribution in [0.3, 0.4) is 0 Å². The van der Waals surface area contributed by atoms with Crippen molar-refractivity contribution in [3.63, 3.8) is 0 Å². The van der Waals surface area contributed by atoms with Gasteiger partial charge in [0, 0.05) is 4.83 Å². The maximum atomic E-state index is 5.39. The van der Waals surface area contributed by atoms with Crippen LogP contribution in [0.4, 0.5) is 0 Å². The van der Waals surface area contributed by atoms with Gasteiger partial charge in [0.1, 0.15) is 0 Å². The molecule has 0 saturated heterocycles. The van der Waals surface area contributed by atoms with Crippen LogP contribution in [-0.4, -0.2) is 14.2 Å². The lowest BCUT2D eigenvalue weighted by Crippen LogP contribution is -2.07. The molecule has 0 spiro atoms. The van der Waals surface area contributed by atoms with Gasteiger partial charge in [-0.3, -0.25) is 0 Å². The number of hydrogen-bond donors (Lipinski definition) is 0. The molecular formula is C16H23BrO2. The maximum absolute atomic E-state index is 5.39. The molecule has 1 unspecified atom stereocenters. The fourth-order valence-electron chi connectivity index (χ4n) is 2.90. The zero-order valence-corrected chi connectivity index (χ0v) is 13.4. The lowest BCUT2D eigenvalue weighted by atomic mass is 9.92. The molecule has 1 aliphatic rings. The number of benzene rings is 1. The summed E-state index contributed by atoms with van der Waals surface area (Å²) < 4.78 is 10.7. The van der Waals surface area contributed by atoms with E-state index in [-0.39, 0.29) is 0 Å². The summed E-state index contributed by atoms with van der Waals surface area (Å²) >= 11 is 3.90. The Bertz CT molecular complexity index is 398. The van der Waals surface area contributed by atoms with Crippen molar-refractivity contribution in [3.05, 3.63) is 23.8 Å². The minimum atomic E-state index is 0.422. The summed E-state index contributed by atoms with van der Waals surface area (Å²) in [6.45, 7) is 0. The average Bonchev–Trinajstić information content (AvgIpc) is 2.74. The summed E-state index contributed by atoms with van der Waals surface area (Å²) in [6.07, 6.45) is 8.15. The Kier molecular flexibility index (Phi) is 5.56. The fraction of sp³-hybridized carbons (Fsp3) is 0.625. The van der Waals surface area contributed by atoms with Gasteiger partial charge >= 0.3 is 0 Å². The van der Waals surface area contributed by atoms with Crippen LogP contribution in [0.1, 0.15) is 48.9 Å². The highest BCUT2D eigenvalue weighted by atomic mass is 79.9. The average molecular weight is 327 g/mol. The molecular weight excluding hydrogens is 304 g/mol. The van der Waals surface area contributed by atoms with Crippen molar-refractivity contribution in [2.75, 3.05) is 14.2 Å². The molecule has 3 heteroatoms. The molecule has 1 aromatic rings. The number of alkyl halides is 1. The molecule has 1 fully saturated rings. The highest BCUT2D eigenvalue weighted by molar-refractivity contribution is 9.09. The van der Waals surface area contributed by atoms with E-state index in [4.69, 9.17) is 9.47 Å². The van der Waals surface area contributed by atoms with Crippen LogP contribution in [0.2, 0.25) is 0 Å². The quantitative estimate of drug-likeness (QED) is 0.565. The minimum Gasteiger partial charge on any atom is -0.493 e. The van der Waals surface area contributed by atoms with Gasteiger partial charge in [-0.1, -0.05) is 47.7 Å². The topological polar surface area (TPSA) is 18.5 Å². The van der Waals surface area contributed by atoms with Gasteiger partial charge in [0.15, 0.2) is 11.5 Å². The first kappa shape index (κ1) is 14.7. The third-order valence-electron chi connectivity index (χ3n) is 4.04. The Morgan fingerprint density at radius 1 is 1.00 bits per heavy atom. The van der Waals surface area contributed by atoms with Crippen LogP contribution in [-0.2, 0) is 0 Å². The molecule has 0 bridgehead atoms. The first-order chi connectivity index (χ1) is 9.26. The lowest BCUT2D eigenvalue weighted by Gasteiger charge is -2.22. The first-order valence-corrected chi connectivity index (χ1v) is 8.04. The van der Waals surface area contributed by atoms with Crippen molar-refractivity contribution in [3.8, 4) is 11.5 Å². The van der Waals surface area contributed by atoms with Crippen molar-refractivity contribution in [1.82, 2.24) is 0 Å². The van der Waals surface area contributed by atoms with E-state index in [2.05, 4.69) is 28.1 Å². The molecule has 19 heavy (non-hydrogen) atoms. The van der Waals surface area contributed by atoms with Crippen molar-refractivity contribution >= 4 is 15.9 Å². The Hall–Kier alpha value is -0.700. The summed E-state index contributed by atoms with van der Waals surface area (Å²) in [5.41, 5.74) is 1.30. The summed E-state index contributed by atoms with van der Waals surface area (Å²) in [5, 5.41) is 0. The third kappa shape index (κ3) is 3.65. The molecule has 0 amide bonds. The summed E-state index contributed by atoms with van der Waals surface area (Å²) in [7, 11) is 3.37.